The number of benzene rings is 1. The number of nitrogen functional groups attached to an aromatic ring is 1. The van der Waals surface area contributed by atoms with Gasteiger partial charge < -0.3 is 5.73 Å². The van der Waals surface area contributed by atoms with Crippen LogP contribution in [0.2, 0.25) is 0 Å². The summed E-state index contributed by atoms with van der Waals surface area (Å²) in [6.07, 6.45) is 1.66. The monoisotopic (exact) mass is 292 g/mol. The van der Waals surface area contributed by atoms with Gasteiger partial charge in [-0.15, -0.1) is 0 Å². The molecule has 2 rings (SSSR count). The zero-order chi connectivity index (χ0) is 14.9. The van der Waals surface area contributed by atoms with Crippen molar-refractivity contribution in [2.75, 3.05) is 5.73 Å². The zero-order valence-corrected chi connectivity index (χ0v) is 12.8. The van der Waals surface area contributed by atoms with Crippen LogP contribution in [0, 0.1) is 5.92 Å². The number of hydrogen-bond acceptors (Lipinski definition) is 4. The van der Waals surface area contributed by atoms with Crippen LogP contribution in [-0.4, -0.2) is 18.7 Å². The molecular weight excluding hydrogens is 272 g/mol. The summed E-state index contributed by atoms with van der Waals surface area (Å²) in [6, 6.07) is 7.16. The summed E-state index contributed by atoms with van der Waals surface area (Å²) < 4.78 is 24.8. The van der Waals surface area contributed by atoms with Crippen molar-refractivity contribution in [3.05, 3.63) is 36.0 Å². The van der Waals surface area contributed by atoms with E-state index in [1.807, 2.05) is 19.9 Å². The Labute approximate surface area is 119 Å². The van der Waals surface area contributed by atoms with Crippen LogP contribution in [0.25, 0.3) is 10.9 Å². The smallest absolute Gasteiger partial charge is 0.157 e. The molecule has 1 aromatic carbocycles. The van der Waals surface area contributed by atoms with Crippen molar-refractivity contribution in [2.45, 2.75) is 31.8 Å². The molecule has 0 aliphatic heterocycles. The Bertz CT molecular complexity index is 724. The number of sulfone groups is 1. The van der Waals surface area contributed by atoms with Gasteiger partial charge in [-0.3, -0.25) is 4.98 Å². The highest BCUT2D eigenvalue weighted by atomic mass is 32.2. The first kappa shape index (κ1) is 14.8. The number of hydrogen-bond donors (Lipinski definition) is 1. The summed E-state index contributed by atoms with van der Waals surface area (Å²) in [6.45, 7) is 5.59. The Morgan fingerprint density at radius 2 is 1.90 bits per heavy atom. The molecule has 0 saturated heterocycles. The molecular formula is C15H20N2O2S. The van der Waals surface area contributed by atoms with Gasteiger partial charge in [0.15, 0.2) is 9.84 Å². The lowest BCUT2D eigenvalue weighted by Gasteiger charge is -2.17. The fraction of sp³-hybridized carbons (Fsp3) is 0.400. The van der Waals surface area contributed by atoms with Crippen molar-refractivity contribution >= 4 is 26.4 Å². The Morgan fingerprint density at radius 3 is 2.55 bits per heavy atom. The second-order valence-electron chi connectivity index (χ2n) is 5.47. The quantitative estimate of drug-likeness (QED) is 0.879. The zero-order valence-electron chi connectivity index (χ0n) is 12.0. The van der Waals surface area contributed by atoms with Crippen molar-refractivity contribution in [1.82, 2.24) is 4.98 Å². The van der Waals surface area contributed by atoms with Gasteiger partial charge in [-0.2, -0.15) is 0 Å². The normalized spacial score (nSPS) is 13.8. The molecule has 4 nitrogen and oxygen atoms in total. The molecule has 1 aromatic heterocycles. The molecule has 0 fully saturated rings. The Hall–Kier alpha value is -1.62. The summed E-state index contributed by atoms with van der Waals surface area (Å²) in [5.41, 5.74) is 7.91. The first-order valence-electron chi connectivity index (χ1n) is 6.66. The predicted molar refractivity (Wildman–Crippen MR) is 83.1 cm³/mol. The third-order valence-electron chi connectivity index (χ3n) is 3.75. The number of aromatic nitrogens is 1. The van der Waals surface area contributed by atoms with E-state index in [-0.39, 0.29) is 16.9 Å². The largest absolute Gasteiger partial charge is 0.398 e. The predicted octanol–water partition coefficient (Wildman–Crippen LogP) is 2.78. The average molecular weight is 292 g/mol. The van der Waals surface area contributed by atoms with Crippen LogP contribution in [0.3, 0.4) is 0 Å². The molecule has 0 aliphatic carbocycles. The second kappa shape index (κ2) is 5.40. The maximum absolute atomic E-state index is 12.4. The van der Waals surface area contributed by atoms with Crippen LogP contribution in [0.4, 0.5) is 5.69 Å². The first-order chi connectivity index (χ1) is 9.33. The van der Waals surface area contributed by atoms with Crippen LogP contribution in [0.5, 0.6) is 0 Å². The van der Waals surface area contributed by atoms with Crippen molar-refractivity contribution in [3.63, 3.8) is 0 Å². The number of nitrogens with two attached hydrogens (primary N) is 1. The number of anilines is 1. The van der Waals surface area contributed by atoms with Gasteiger partial charge in [-0.25, -0.2) is 8.42 Å². The summed E-state index contributed by atoms with van der Waals surface area (Å²) in [5, 5.41) is 0.427. The van der Waals surface area contributed by atoms with E-state index in [1.165, 1.54) is 0 Å². The molecule has 2 aromatic rings. The third-order valence-corrected chi connectivity index (χ3v) is 6.14. The highest BCUT2D eigenvalue weighted by Gasteiger charge is 2.25. The van der Waals surface area contributed by atoms with Gasteiger partial charge in [0, 0.05) is 17.3 Å². The highest BCUT2D eigenvalue weighted by Crippen LogP contribution is 2.26. The Kier molecular flexibility index (Phi) is 3.99. The van der Waals surface area contributed by atoms with Gasteiger partial charge in [0.25, 0.3) is 0 Å². The molecule has 108 valence electrons. The van der Waals surface area contributed by atoms with E-state index in [4.69, 9.17) is 5.73 Å². The molecule has 0 saturated carbocycles. The molecule has 0 bridgehead atoms. The molecule has 1 heterocycles. The molecule has 5 heteroatoms. The van der Waals surface area contributed by atoms with E-state index >= 15 is 0 Å². The summed E-state index contributed by atoms with van der Waals surface area (Å²) in [7, 11) is -3.20. The number of rotatable bonds is 4. The second-order valence-corrected chi connectivity index (χ2v) is 7.83. The molecule has 2 N–H and O–H groups in total. The van der Waals surface area contributed by atoms with Crippen LogP contribution in [0.1, 0.15) is 26.3 Å². The van der Waals surface area contributed by atoms with Gasteiger partial charge >= 0.3 is 0 Å². The van der Waals surface area contributed by atoms with Crippen molar-refractivity contribution in [1.29, 1.82) is 0 Å². The van der Waals surface area contributed by atoms with Gasteiger partial charge in [0.05, 0.1) is 16.5 Å². The van der Waals surface area contributed by atoms with Gasteiger partial charge in [0.1, 0.15) is 0 Å². The number of pyridine rings is 1. The van der Waals surface area contributed by atoms with Gasteiger partial charge in [0.2, 0.25) is 0 Å². The maximum atomic E-state index is 12.4. The van der Waals surface area contributed by atoms with Crippen LogP contribution in [-0.2, 0) is 15.6 Å². The SMILES string of the molecule is CC(C)C(C)S(=O)(=O)Cc1ccc(N)c2cccnc12. The fourth-order valence-corrected chi connectivity index (χ4v) is 3.89. The van der Waals surface area contributed by atoms with Crippen molar-refractivity contribution in [2.24, 2.45) is 5.92 Å². The Balaban J connectivity index is 2.48. The average Bonchev–Trinajstić information content (AvgIpc) is 2.41. The van der Waals surface area contributed by atoms with E-state index < -0.39 is 9.84 Å². The van der Waals surface area contributed by atoms with E-state index in [0.717, 1.165) is 5.39 Å². The topological polar surface area (TPSA) is 73.0 Å². The molecule has 0 spiro atoms. The molecule has 20 heavy (non-hydrogen) atoms. The molecule has 0 radical (unpaired) electrons. The van der Waals surface area contributed by atoms with Gasteiger partial charge in [-0.05, 0) is 36.6 Å². The number of nitrogens with zero attached hydrogens (tertiary/aromatic N) is 1. The first-order valence-corrected chi connectivity index (χ1v) is 8.38. The molecule has 1 unspecified atom stereocenters. The van der Waals surface area contributed by atoms with Gasteiger partial charge in [-0.1, -0.05) is 19.9 Å². The minimum atomic E-state index is -3.20. The maximum Gasteiger partial charge on any atom is 0.157 e. The minimum absolute atomic E-state index is 0.000139. The summed E-state index contributed by atoms with van der Waals surface area (Å²) >= 11 is 0. The van der Waals surface area contributed by atoms with E-state index in [0.29, 0.717) is 16.8 Å². The Morgan fingerprint density at radius 1 is 1.20 bits per heavy atom. The third kappa shape index (κ3) is 2.77. The van der Waals surface area contributed by atoms with Crippen LogP contribution >= 0.6 is 0 Å². The molecule has 0 aliphatic rings. The molecule has 1 atom stereocenters. The lowest BCUT2D eigenvalue weighted by Crippen LogP contribution is -2.25. The summed E-state index contributed by atoms with van der Waals surface area (Å²) in [5.74, 6) is 0.0909. The highest BCUT2D eigenvalue weighted by molar-refractivity contribution is 7.91. The lowest BCUT2D eigenvalue weighted by atomic mass is 10.1. The van der Waals surface area contributed by atoms with Crippen molar-refractivity contribution in [3.8, 4) is 0 Å². The van der Waals surface area contributed by atoms with E-state index in [9.17, 15) is 8.42 Å². The van der Waals surface area contributed by atoms with Crippen molar-refractivity contribution < 1.29 is 8.42 Å². The fourth-order valence-electron chi connectivity index (χ4n) is 2.13. The van der Waals surface area contributed by atoms with E-state index in [2.05, 4.69) is 4.98 Å². The van der Waals surface area contributed by atoms with E-state index in [1.54, 1.807) is 31.3 Å². The van der Waals surface area contributed by atoms with Crippen LogP contribution in [0.15, 0.2) is 30.5 Å². The molecule has 0 amide bonds. The summed E-state index contributed by atoms with van der Waals surface area (Å²) in [4.78, 5) is 4.29. The van der Waals surface area contributed by atoms with Crippen LogP contribution < -0.4 is 5.73 Å². The number of fused-ring (bicyclic) bond motifs is 1. The standard InChI is InChI=1S/C15H20N2O2S/c1-10(2)11(3)20(18,19)9-12-6-7-14(16)13-5-4-8-17-15(12)13/h4-8,10-11H,9,16H2,1-3H3. The minimum Gasteiger partial charge on any atom is -0.398 e. The lowest BCUT2D eigenvalue weighted by molar-refractivity contribution is 0.545.